The molecular weight excluding hydrogens is 428 g/mol. The van der Waals surface area contributed by atoms with E-state index >= 15 is 0 Å². The van der Waals surface area contributed by atoms with Crippen molar-refractivity contribution in [2.45, 2.75) is 53.0 Å². The quantitative estimate of drug-likeness (QED) is 0.555. The smallest absolute Gasteiger partial charge is 0.330 e. The Labute approximate surface area is 193 Å². The number of ether oxygens (including phenoxy) is 1. The van der Waals surface area contributed by atoms with Crippen LogP contribution in [0.4, 0.5) is 11.5 Å². The number of anilines is 2. The standard InChI is InChI=1S/C23H34N4O4S/c1-13(2)11-27-21(24)19(22(29)25-23(27)30)26(8-9-31-7)18(28)12-32-20-16(5)14(3)10-15(4)17(20)6/h10,13H,8-9,11-12,24H2,1-7H3,(H,25,29,30). The van der Waals surface area contributed by atoms with Crippen LogP contribution in [0, 0.1) is 33.6 Å². The van der Waals surface area contributed by atoms with Gasteiger partial charge in [0.05, 0.1) is 12.4 Å². The second-order valence-corrected chi connectivity index (χ2v) is 9.40. The molecule has 0 bridgehead atoms. The summed E-state index contributed by atoms with van der Waals surface area (Å²) < 4.78 is 6.46. The van der Waals surface area contributed by atoms with Crippen LogP contribution in [-0.2, 0) is 16.1 Å². The lowest BCUT2D eigenvalue weighted by Crippen LogP contribution is -2.43. The van der Waals surface area contributed by atoms with Gasteiger partial charge in [0.25, 0.3) is 5.56 Å². The lowest BCUT2D eigenvalue weighted by Gasteiger charge is -2.25. The molecule has 0 unspecified atom stereocenters. The monoisotopic (exact) mass is 462 g/mol. The first-order valence-corrected chi connectivity index (χ1v) is 11.6. The molecule has 1 amide bonds. The summed E-state index contributed by atoms with van der Waals surface area (Å²) in [7, 11) is 1.52. The third-order valence-electron chi connectivity index (χ3n) is 5.49. The summed E-state index contributed by atoms with van der Waals surface area (Å²) in [5, 5.41) is 0. The number of nitrogens with one attached hydrogen (secondary N) is 1. The van der Waals surface area contributed by atoms with Gasteiger partial charge in [0, 0.05) is 25.1 Å². The van der Waals surface area contributed by atoms with Gasteiger partial charge in [-0.2, -0.15) is 0 Å². The molecule has 3 N–H and O–H groups in total. The Morgan fingerprint density at radius 3 is 2.31 bits per heavy atom. The van der Waals surface area contributed by atoms with Crippen molar-refractivity contribution < 1.29 is 9.53 Å². The van der Waals surface area contributed by atoms with Crippen molar-refractivity contribution in [3.8, 4) is 0 Å². The molecule has 0 saturated heterocycles. The molecule has 0 aliphatic heterocycles. The number of rotatable bonds is 9. The third kappa shape index (κ3) is 5.63. The minimum absolute atomic E-state index is 0.0123. The van der Waals surface area contributed by atoms with Crippen LogP contribution in [0.2, 0.25) is 0 Å². The molecule has 0 aliphatic carbocycles. The van der Waals surface area contributed by atoms with Gasteiger partial charge in [-0.1, -0.05) is 19.9 Å². The number of hydrogen-bond donors (Lipinski definition) is 2. The molecule has 0 spiro atoms. The summed E-state index contributed by atoms with van der Waals surface area (Å²) in [6.07, 6.45) is 0. The highest BCUT2D eigenvalue weighted by Crippen LogP contribution is 2.31. The van der Waals surface area contributed by atoms with E-state index in [2.05, 4.69) is 24.9 Å². The van der Waals surface area contributed by atoms with E-state index in [4.69, 9.17) is 10.5 Å². The number of benzene rings is 1. The number of H-pyrrole nitrogens is 1. The predicted molar refractivity (Wildman–Crippen MR) is 131 cm³/mol. The number of hydrogen-bond acceptors (Lipinski definition) is 6. The van der Waals surface area contributed by atoms with Gasteiger partial charge in [-0.3, -0.25) is 19.1 Å². The van der Waals surface area contributed by atoms with Crippen molar-refractivity contribution in [3.05, 3.63) is 49.2 Å². The van der Waals surface area contributed by atoms with E-state index in [-0.39, 0.29) is 42.2 Å². The minimum atomic E-state index is -0.680. The summed E-state index contributed by atoms with van der Waals surface area (Å²) >= 11 is 1.44. The van der Waals surface area contributed by atoms with E-state index in [1.165, 1.54) is 39.5 Å². The molecule has 0 atom stereocenters. The zero-order valence-corrected chi connectivity index (χ0v) is 20.8. The van der Waals surface area contributed by atoms with Crippen LogP contribution >= 0.6 is 11.8 Å². The summed E-state index contributed by atoms with van der Waals surface area (Å²) in [5.41, 5.74) is 9.57. The fourth-order valence-electron chi connectivity index (χ4n) is 3.54. The normalized spacial score (nSPS) is 11.2. The predicted octanol–water partition coefficient (Wildman–Crippen LogP) is 2.78. The topological polar surface area (TPSA) is 110 Å². The Morgan fingerprint density at radius 2 is 1.78 bits per heavy atom. The van der Waals surface area contributed by atoms with Gasteiger partial charge in [-0.05, 0) is 55.9 Å². The van der Waals surface area contributed by atoms with E-state index in [1.54, 1.807) is 0 Å². The highest BCUT2D eigenvalue weighted by molar-refractivity contribution is 8.00. The van der Waals surface area contributed by atoms with Crippen LogP contribution in [-0.4, -0.2) is 41.5 Å². The molecule has 32 heavy (non-hydrogen) atoms. The van der Waals surface area contributed by atoms with E-state index in [0.717, 1.165) is 16.0 Å². The van der Waals surface area contributed by atoms with Crippen LogP contribution in [0.1, 0.15) is 36.1 Å². The molecule has 1 aromatic carbocycles. The Kier molecular flexibility index (Phi) is 8.74. The van der Waals surface area contributed by atoms with Crippen LogP contribution in [0.25, 0.3) is 0 Å². The Hall–Kier alpha value is -2.52. The van der Waals surface area contributed by atoms with Crippen molar-refractivity contribution in [1.29, 1.82) is 0 Å². The van der Waals surface area contributed by atoms with Gasteiger partial charge in [0.2, 0.25) is 5.91 Å². The average Bonchev–Trinajstić information content (AvgIpc) is 2.71. The van der Waals surface area contributed by atoms with Crippen molar-refractivity contribution in [2.24, 2.45) is 5.92 Å². The van der Waals surface area contributed by atoms with Gasteiger partial charge < -0.3 is 15.4 Å². The number of nitrogen functional groups attached to an aromatic ring is 1. The van der Waals surface area contributed by atoms with E-state index in [9.17, 15) is 14.4 Å². The van der Waals surface area contributed by atoms with Crippen LogP contribution in [0.15, 0.2) is 20.6 Å². The fourth-order valence-corrected chi connectivity index (χ4v) is 4.72. The maximum Gasteiger partial charge on any atom is 0.330 e. The van der Waals surface area contributed by atoms with Gasteiger partial charge >= 0.3 is 5.69 Å². The number of aromatic amines is 1. The molecule has 0 aliphatic rings. The van der Waals surface area contributed by atoms with Gasteiger partial charge in [0.15, 0.2) is 5.69 Å². The molecule has 0 radical (unpaired) electrons. The van der Waals surface area contributed by atoms with Crippen molar-refractivity contribution in [1.82, 2.24) is 9.55 Å². The summed E-state index contributed by atoms with van der Waals surface area (Å²) in [6, 6.07) is 2.14. The fraction of sp³-hybridized carbons (Fsp3) is 0.522. The van der Waals surface area contributed by atoms with Crippen LogP contribution in [0.3, 0.4) is 0 Å². The molecule has 8 nitrogen and oxygen atoms in total. The number of aryl methyl sites for hydroxylation is 2. The lowest BCUT2D eigenvalue weighted by atomic mass is 10.0. The zero-order chi connectivity index (χ0) is 24.2. The van der Waals surface area contributed by atoms with E-state index in [0.29, 0.717) is 6.54 Å². The van der Waals surface area contributed by atoms with E-state index in [1.807, 2.05) is 27.7 Å². The number of nitrogens with two attached hydrogens (primary N) is 1. The van der Waals surface area contributed by atoms with Gasteiger partial charge in [-0.15, -0.1) is 11.8 Å². The molecule has 9 heteroatoms. The molecule has 1 aromatic heterocycles. The number of thioether (sulfide) groups is 1. The first-order chi connectivity index (χ1) is 15.0. The Balaban J connectivity index is 2.45. The van der Waals surface area contributed by atoms with E-state index < -0.39 is 11.2 Å². The van der Waals surface area contributed by atoms with Crippen molar-refractivity contribution >= 4 is 29.2 Å². The largest absolute Gasteiger partial charge is 0.383 e. The van der Waals surface area contributed by atoms with Gasteiger partial charge in [-0.25, -0.2) is 4.79 Å². The third-order valence-corrected chi connectivity index (χ3v) is 6.78. The second-order valence-electron chi connectivity index (χ2n) is 8.41. The molecular formula is C23H34N4O4S. The van der Waals surface area contributed by atoms with Crippen LogP contribution < -0.4 is 21.9 Å². The molecule has 176 valence electrons. The van der Waals surface area contributed by atoms with Gasteiger partial charge in [0.1, 0.15) is 5.82 Å². The zero-order valence-electron chi connectivity index (χ0n) is 20.0. The number of methoxy groups -OCH3 is 1. The van der Waals surface area contributed by atoms with Crippen molar-refractivity contribution in [3.63, 3.8) is 0 Å². The maximum atomic E-state index is 13.3. The summed E-state index contributed by atoms with van der Waals surface area (Å²) in [4.78, 5) is 43.0. The average molecular weight is 463 g/mol. The Morgan fingerprint density at radius 1 is 1.19 bits per heavy atom. The minimum Gasteiger partial charge on any atom is -0.383 e. The maximum absolute atomic E-state index is 13.3. The highest BCUT2D eigenvalue weighted by atomic mass is 32.2. The highest BCUT2D eigenvalue weighted by Gasteiger charge is 2.25. The first kappa shape index (κ1) is 25.7. The van der Waals surface area contributed by atoms with Crippen molar-refractivity contribution in [2.75, 3.05) is 36.6 Å². The first-order valence-electron chi connectivity index (χ1n) is 10.6. The molecule has 0 fully saturated rings. The number of aromatic nitrogens is 2. The second kappa shape index (κ2) is 10.9. The molecule has 2 aromatic rings. The van der Waals surface area contributed by atoms with Crippen LogP contribution in [0.5, 0.6) is 0 Å². The molecule has 1 heterocycles. The molecule has 0 saturated carbocycles. The lowest BCUT2D eigenvalue weighted by molar-refractivity contribution is -0.116. The SMILES string of the molecule is COCCN(C(=O)CSc1c(C)c(C)cc(C)c1C)c1c(N)n(CC(C)C)c(=O)[nH]c1=O. The summed E-state index contributed by atoms with van der Waals surface area (Å²) in [5.74, 6) is -0.0446. The molecule has 2 rings (SSSR count). The Bertz CT molecular complexity index is 1080. The number of nitrogens with zero attached hydrogens (tertiary/aromatic N) is 2. The number of amides is 1. The number of carbonyl (C=O) groups is 1. The summed E-state index contributed by atoms with van der Waals surface area (Å²) in [6.45, 7) is 12.8. The number of carbonyl (C=O) groups excluding carboxylic acids is 1.